The van der Waals surface area contributed by atoms with E-state index in [0.29, 0.717) is 11.3 Å². The number of likely N-dealkylation sites (tertiary alicyclic amines) is 1. The van der Waals surface area contributed by atoms with Crippen molar-refractivity contribution in [3.05, 3.63) is 0 Å². The van der Waals surface area contributed by atoms with Gasteiger partial charge in [-0.1, -0.05) is 34.1 Å². The van der Waals surface area contributed by atoms with Crippen LogP contribution >= 0.6 is 0 Å². The minimum absolute atomic E-state index is 0.112. The molecule has 1 N–H and O–H groups in total. The molecule has 0 amide bonds. The summed E-state index contributed by atoms with van der Waals surface area (Å²) in [7, 11) is 0. The van der Waals surface area contributed by atoms with Crippen molar-refractivity contribution in [3.8, 4) is 0 Å². The Hall–Kier alpha value is -0.0800. The summed E-state index contributed by atoms with van der Waals surface area (Å²) >= 11 is 0. The first-order chi connectivity index (χ1) is 8.92. The van der Waals surface area contributed by atoms with Crippen molar-refractivity contribution in [1.82, 2.24) is 4.90 Å². The highest BCUT2D eigenvalue weighted by molar-refractivity contribution is 4.93. The van der Waals surface area contributed by atoms with Crippen LogP contribution in [0.1, 0.15) is 66.2 Å². The molecule has 0 spiro atoms. The van der Waals surface area contributed by atoms with Gasteiger partial charge in [0.15, 0.2) is 0 Å². The summed E-state index contributed by atoms with van der Waals surface area (Å²) in [4.78, 5) is 2.63. The zero-order valence-corrected chi connectivity index (χ0v) is 13.4. The van der Waals surface area contributed by atoms with E-state index in [9.17, 15) is 5.11 Å². The molecule has 2 rings (SSSR count). The molecule has 0 radical (unpaired) electrons. The largest absolute Gasteiger partial charge is 0.392 e. The van der Waals surface area contributed by atoms with Gasteiger partial charge in [-0.05, 0) is 55.4 Å². The lowest BCUT2D eigenvalue weighted by molar-refractivity contribution is -0.0419. The average molecular weight is 267 g/mol. The van der Waals surface area contributed by atoms with Gasteiger partial charge in [0, 0.05) is 13.1 Å². The molecule has 1 saturated carbocycles. The van der Waals surface area contributed by atoms with Gasteiger partial charge in [0.25, 0.3) is 0 Å². The number of nitrogens with zero attached hydrogens (tertiary/aromatic N) is 1. The van der Waals surface area contributed by atoms with Crippen molar-refractivity contribution in [1.29, 1.82) is 0 Å². The number of aliphatic hydroxyl groups excluding tert-OH is 1. The minimum atomic E-state index is -0.112. The van der Waals surface area contributed by atoms with Crippen molar-refractivity contribution in [3.63, 3.8) is 0 Å². The van der Waals surface area contributed by atoms with E-state index in [1.165, 1.54) is 51.6 Å². The molecule has 2 fully saturated rings. The Bertz CT molecular complexity index is 296. The smallest absolute Gasteiger partial charge is 0.0631 e. The van der Waals surface area contributed by atoms with Gasteiger partial charge in [0.2, 0.25) is 0 Å². The van der Waals surface area contributed by atoms with Crippen molar-refractivity contribution >= 4 is 0 Å². The zero-order chi connectivity index (χ0) is 14.1. The van der Waals surface area contributed by atoms with Crippen LogP contribution in [0.15, 0.2) is 0 Å². The highest BCUT2D eigenvalue weighted by atomic mass is 16.3. The molecule has 2 unspecified atom stereocenters. The fourth-order valence-electron chi connectivity index (χ4n) is 4.30. The van der Waals surface area contributed by atoms with Crippen LogP contribution in [-0.4, -0.2) is 35.7 Å². The number of rotatable bonds is 4. The second-order valence-corrected chi connectivity index (χ2v) is 7.78. The predicted octanol–water partition coefficient (Wildman–Crippen LogP) is 3.69. The van der Waals surface area contributed by atoms with Crippen molar-refractivity contribution in [2.75, 3.05) is 19.6 Å². The molecule has 1 aliphatic heterocycles. The number of aliphatic hydroxyl groups is 1. The summed E-state index contributed by atoms with van der Waals surface area (Å²) in [6.07, 6.45) is 7.53. The molecular weight excluding hydrogens is 234 g/mol. The molecule has 2 aliphatic rings. The fraction of sp³-hybridized carbons (Fsp3) is 1.00. The Kier molecular flexibility index (Phi) is 4.62. The summed E-state index contributed by atoms with van der Waals surface area (Å²) in [6, 6.07) is 0. The van der Waals surface area contributed by atoms with Crippen LogP contribution in [0.2, 0.25) is 0 Å². The summed E-state index contributed by atoms with van der Waals surface area (Å²) in [5.41, 5.74) is 0.685. The van der Waals surface area contributed by atoms with E-state index in [1.54, 1.807) is 0 Å². The fourth-order valence-corrected chi connectivity index (χ4v) is 4.30. The van der Waals surface area contributed by atoms with Gasteiger partial charge < -0.3 is 10.0 Å². The van der Waals surface area contributed by atoms with Gasteiger partial charge in [0.05, 0.1) is 6.10 Å². The molecule has 2 atom stereocenters. The third kappa shape index (κ3) is 3.16. The van der Waals surface area contributed by atoms with Gasteiger partial charge >= 0.3 is 0 Å². The molecule has 2 heteroatoms. The molecule has 1 saturated heterocycles. The van der Waals surface area contributed by atoms with E-state index < -0.39 is 0 Å². The highest BCUT2D eigenvalue weighted by Crippen LogP contribution is 2.41. The Balaban J connectivity index is 1.92. The lowest BCUT2D eigenvalue weighted by Crippen LogP contribution is -2.45. The maximum Gasteiger partial charge on any atom is 0.0631 e. The first kappa shape index (κ1) is 15.3. The van der Waals surface area contributed by atoms with Crippen LogP contribution in [0.25, 0.3) is 0 Å². The average Bonchev–Trinajstić information content (AvgIpc) is 2.79. The Labute approximate surface area is 119 Å². The predicted molar refractivity (Wildman–Crippen MR) is 81.2 cm³/mol. The Morgan fingerprint density at radius 1 is 1.16 bits per heavy atom. The van der Waals surface area contributed by atoms with Gasteiger partial charge in [-0.15, -0.1) is 0 Å². The normalized spacial score (nSPS) is 34.6. The lowest BCUT2D eigenvalue weighted by atomic mass is 9.69. The van der Waals surface area contributed by atoms with Crippen LogP contribution in [0.4, 0.5) is 0 Å². The lowest BCUT2D eigenvalue weighted by Gasteiger charge is -2.42. The van der Waals surface area contributed by atoms with E-state index >= 15 is 0 Å². The molecule has 112 valence electrons. The summed E-state index contributed by atoms with van der Waals surface area (Å²) < 4.78 is 0. The van der Waals surface area contributed by atoms with Gasteiger partial charge in [-0.25, -0.2) is 0 Å². The maximum absolute atomic E-state index is 10.6. The highest BCUT2D eigenvalue weighted by Gasteiger charge is 2.41. The first-order valence-electron chi connectivity index (χ1n) is 8.33. The molecular formula is C17H33NO. The monoisotopic (exact) mass is 267 g/mol. The standard InChI is InChI=1S/C17H33NO/c1-5-17(6-2)10-11-18(13-17)12-14-8-7-9-16(3,4)15(14)19/h14-15,19H,5-13H2,1-4H3. The summed E-state index contributed by atoms with van der Waals surface area (Å²) in [6.45, 7) is 12.8. The van der Waals surface area contributed by atoms with Crippen LogP contribution in [0.3, 0.4) is 0 Å². The SMILES string of the molecule is CCC1(CC)CCN(CC2CCCC(C)(C)C2O)C1. The van der Waals surface area contributed by atoms with Crippen LogP contribution < -0.4 is 0 Å². The van der Waals surface area contributed by atoms with Crippen molar-refractivity contribution < 1.29 is 5.11 Å². The number of hydrogen-bond donors (Lipinski definition) is 1. The summed E-state index contributed by atoms with van der Waals surface area (Å²) in [5, 5.41) is 10.6. The van der Waals surface area contributed by atoms with Crippen LogP contribution in [0.5, 0.6) is 0 Å². The maximum atomic E-state index is 10.6. The molecule has 0 aromatic heterocycles. The van der Waals surface area contributed by atoms with E-state index in [-0.39, 0.29) is 11.5 Å². The van der Waals surface area contributed by atoms with E-state index in [0.717, 1.165) is 6.54 Å². The Morgan fingerprint density at radius 3 is 2.42 bits per heavy atom. The van der Waals surface area contributed by atoms with Gasteiger partial charge in [-0.3, -0.25) is 0 Å². The first-order valence-corrected chi connectivity index (χ1v) is 8.33. The molecule has 0 aromatic carbocycles. The second kappa shape index (κ2) is 5.73. The number of hydrogen-bond acceptors (Lipinski definition) is 2. The topological polar surface area (TPSA) is 23.5 Å². The van der Waals surface area contributed by atoms with Gasteiger partial charge in [0.1, 0.15) is 0 Å². The quantitative estimate of drug-likeness (QED) is 0.840. The minimum Gasteiger partial charge on any atom is -0.392 e. The molecule has 0 bridgehead atoms. The van der Waals surface area contributed by atoms with Crippen LogP contribution in [-0.2, 0) is 0 Å². The molecule has 2 nitrogen and oxygen atoms in total. The molecule has 1 heterocycles. The molecule has 0 aromatic rings. The third-order valence-electron chi connectivity index (χ3n) is 6.15. The van der Waals surface area contributed by atoms with Crippen molar-refractivity contribution in [2.24, 2.45) is 16.7 Å². The molecule has 1 aliphatic carbocycles. The van der Waals surface area contributed by atoms with E-state index in [1.807, 2.05) is 0 Å². The zero-order valence-electron chi connectivity index (χ0n) is 13.4. The molecule has 19 heavy (non-hydrogen) atoms. The van der Waals surface area contributed by atoms with Crippen LogP contribution in [0, 0.1) is 16.7 Å². The third-order valence-corrected chi connectivity index (χ3v) is 6.15. The second-order valence-electron chi connectivity index (χ2n) is 7.78. The van der Waals surface area contributed by atoms with E-state index in [2.05, 4.69) is 32.6 Å². The van der Waals surface area contributed by atoms with E-state index in [4.69, 9.17) is 0 Å². The Morgan fingerprint density at radius 2 is 1.84 bits per heavy atom. The van der Waals surface area contributed by atoms with Crippen molar-refractivity contribution in [2.45, 2.75) is 72.3 Å². The summed E-state index contributed by atoms with van der Waals surface area (Å²) in [5.74, 6) is 0.494. The van der Waals surface area contributed by atoms with Gasteiger partial charge in [-0.2, -0.15) is 0 Å².